The monoisotopic (exact) mass is 244 g/mol. The van der Waals surface area contributed by atoms with Crippen LogP contribution in [0.25, 0.3) is 0 Å². The summed E-state index contributed by atoms with van der Waals surface area (Å²) in [5, 5.41) is 3.00. The quantitative estimate of drug-likeness (QED) is 0.586. The Hall–Kier alpha value is -0.650. The van der Waals surface area contributed by atoms with E-state index in [1.165, 1.54) is 0 Å². The second-order valence-electron chi connectivity index (χ2n) is 5.16. The summed E-state index contributed by atoms with van der Waals surface area (Å²) in [6.45, 7) is 4.84. The number of nitrogens with two attached hydrogens (primary N) is 1. The number of nitrogens with zero attached hydrogens (tertiary/aromatic N) is 2. The van der Waals surface area contributed by atoms with Crippen LogP contribution in [-0.4, -0.2) is 69.1 Å². The molecular weight excluding hydrogens is 216 g/mol. The van der Waals surface area contributed by atoms with E-state index in [2.05, 4.69) is 36.3 Å². The Bertz CT molecular complexity index is 233. The number of likely N-dealkylation sites (N-methyl/N-ethyl adjacent to an activating group) is 1. The van der Waals surface area contributed by atoms with E-state index < -0.39 is 5.54 Å². The van der Waals surface area contributed by atoms with Gasteiger partial charge in [-0.25, -0.2) is 0 Å². The van der Waals surface area contributed by atoms with Crippen molar-refractivity contribution < 1.29 is 4.79 Å². The zero-order valence-electron chi connectivity index (χ0n) is 11.9. The van der Waals surface area contributed by atoms with Gasteiger partial charge in [-0.3, -0.25) is 4.79 Å². The normalized spacial score (nSPS) is 15.2. The van der Waals surface area contributed by atoms with Crippen molar-refractivity contribution in [3.63, 3.8) is 0 Å². The first kappa shape index (κ1) is 16.4. The molecule has 1 amide bonds. The van der Waals surface area contributed by atoms with E-state index in [4.69, 9.17) is 5.73 Å². The molecule has 0 bridgehead atoms. The van der Waals surface area contributed by atoms with Crippen LogP contribution in [0.5, 0.6) is 0 Å². The fourth-order valence-corrected chi connectivity index (χ4v) is 1.55. The van der Waals surface area contributed by atoms with Gasteiger partial charge in [0, 0.05) is 6.54 Å². The van der Waals surface area contributed by atoms with Gasteiger partial charge in [0.25, 0.3) is 0 Å². The Morgan fingerprint density at radius 2 is 1.82 bits per heavy atom. The van der Waals surface area contributed by atoms with Crippen molar-refractivity contribution in [2.24, 2.45) is 5.73 Å². The molecule has 102 valence electrons. The number of carbonyl (C=O) groups excluding carboxylic acids is 1. The van der Waals surface area contributed by atoms with Gasteiger partial charge in [0.1, 0.15) is 0 Å². The van der Waals surface area contributed by atoms with E-state index in [9.17, 15) is 4.79 Å². The zero-order valence-corrected chi connectivity index (χ0v) is 11.9. The fraction of sp³-hybridized carbons (Fsp3) is 0.917. The summed E-state index contributed by atoms with van der Waals surface area (Å²) >= 11 is 0. The van der Waals surface area contributed by atoms with Crippen LogP contribution in [0.3, 0.4) is 0 Å². The van der Waals surface area contributed by atoms with Crippen LogP contribution in [0.15, 0.2) is 0 Å². The number of amides is 1. The molecule has 0 aromatic rings. The Balaban J connectivity index is 3.89. The van der Waals surface area contributed by atoms with E-state index in [0.717, 1.165) is 32.5 Å². The average Bonchev–Trinajstić information content (AvgIpc) is 2.25. The number of primary amides is 1. The minimum absolute atomic E-state index is 0.290. The van der Waals surface area contributed by atoms with Crippen LogP contribution in [-0.2, 0) is 4.79 Å². The maximum atomic E-state index is 11.3. The van der Waals surface area contributed by atoms with Crippen LogP contribution in [0.1, 0.15) is 19.8 Å². The largest absolute Gasteiger partial charge is 0.368 e. The molecule has 0 aliphatic rings. The van der Waals surface area contributed by atoms with Crippen molar-refractivity contribution in [1.29, 1.82) is 0 Å². The van der Waals surface area contributed by atoms with Crippen molar-refractivity contribution in [2.45, 2.75) is 25.3 Å². The van der Waals surface area contributed by atoms with Crippen LogP contribution < -0.4 is 11.1 Å². The van der Waals surface area contributed by atoms with Crippen molar-refractivity contribution in [1.82, 2.24) is 15.1 Å². The van der Waals surface area contributed by atoms with Gasteiger partial charge in [0.2, 0.25) is 5.91 Å². The maximum Gasteiger partial charge on any atom is 0.237 e. The molecule has 17 heavy (non-hydrogen) atoms. The van der Waals surface area contributed by atoms with Crippen LogP contribution in [0.2, 0.25) is 0 Å². The summed E-state index contributed by atoms with van der Waals surface area (Å²) < 4.78 is 0. The lowest BCUT2D eigenvalue weighted by Crippen LogP contribution is -2.53. The third-order valence-electron chi connectivity index (χ3n) is 3.23. The lowest BCUT2D eigenvalue weighted by Gasteiger charge is -2.28. The standard InChI is InChI=1S/C12H28N4O/c1-12(14-2,11(13)17)7-10-16(5)9-6-8-15(3)4/h14H,6-10H2,1-5H3,(H2,13,17). The Morgan fingerprint density at radius 1 is 1.24 bits per heavy atom. The third kappa shape index (κ3) is 6.61. The molecule has 0 heterocycles. The van der Waals surface area contributed by atoms with Crippen LogP contribution in [0, 0.1) is 0 Å². The van der Waals surface area contributed by atoms with Crippen molar-refractivity contribution in [2.75, 3.05) is 47.8 Å². The minimum atomic E-state index is -0.601. The highest BCUT2D eigenvalue weighted by atomic mass is 16.1. The molecule has 0 spiro atoms. The summed E-state index contributed by atoms with van der Waals surface area (Å²) in [7, 11) is 8.00. The van der Waals surface area contributed by atoms with Crippen LogP contribution in [0.4, 0.5) is 0 Å². The highest BCUT2D eigenvalue weighted by molar-refractivity contribution is 5.84. The highest BCUT2D eigenvalue weighted by Crippen LogP contribution is 2.08. The summed E-state index contributed by atoms with van der Waals surface area (Å²) in [5.41, 5.74) is 4.78. The zero-order chi connectivity index (χ0) is 13.5. The Labute approximate surface area is 105 Å². The molecule has 0 aromatic heterocycles. The summed E-state index contributed by atoms with van der Waals surface area (Å²) in [4.78, 5) is 15.7. The SMILES string of the molecule is CNC(C)(CCN(C)CCCN(C)C)C(N)=O. The molecule has 5 nitrogen and oxygen atoms in total. The molecule has 0 saturated carbocycles. The topological polar surface area (TPSA) is 61.6 Å². The van der Waals surface area contributed by atoms with E-state index in [1.807, 2.05) is 6.92 Å². The Morgan fingerprint density at radius 3 is 2.24 bits per heavy atom. The summed E-state index contributed by atoms with van der Waals surface area (Å²) in [6.07, 6.45) is 1.87. The third-order valence-corrected chi connectivity index (χ3v) is 3.23. The number of rotatable bonds is 9. The molecule has 5 heteroatoms. The molecule has 0 aliphatic heterocycles. The van der Waals surface area contributed by atoms with Crippen LogP contribution >= 0.6 is 0 Å². The molecule has 0 rings (SSSR count). The number of hydrogen-bond acceptors (Lipinski definition) is 4. The van der Waals surface area contributed by atoms with Gasteiger partial charge in [-0.1, -0.05) is 0 Å². The first-order valence-corrected chi connectivity index (χ1v) is 6.14. The van der Waals surface area contributed by atoms with Gasteiger partial charge in [-0.2, -0.15) is 0 Å². The smallest absolute Gasteiger partial charge is 0.237 e. The number of carbonyl (C=O) groups is 1. The van der Waals surface area contributed by atoms with Gasteiger partial charge in [-0.15, -0.1) is 0 Å². The van der Waals surface area contributed by atoms with Gasteiger partial charge in [0.05, 0.1) is 5.54 Å². The molecule has 0 fully saturated rings. The van der Waals surface area contributed by atoms with Gasteiger partial charge in [-0.05, 0) is 61.0 Å². The first-order chi connectivity index (χ1) is 7.81. The lowest BCUT2D eigenvalue weighted by molar-refractivity contribution is -0.124. The van der Waals surface area contributed by atoms with E-state index in [-0.39, 0.29) is 5.91 Å². The second-order valence-corrected chi connectivity index (χ2v) is 5.16. The molecule has 1 atom stereocenters. The summed E-state index contributed by atoms with van der Waals surface area (Å²) in [6, 6.07) is 0. The highest BCUT2D eigenvalue weighted by Gasteiger charge is 2.28. The molecular formula is C12H28N4O. The number of hydrogen-bond donors (Lipinski definition) is 2. The fourth-order valence-electron chi connectivity index (χ4n) is 1.55. The van der Waals surface area contributed by atoms with Crippen molar-refractivity contribution in [3.05, 3.63) is 0 Å². The predicted molar refractivity (Wildman–Crippen MR) is 71.9 cm³/mol. The van der Waals surface area contributed by atoms with E-state index >= 15 is 0 Å². The lowest BCUT2D eigenvalue weighted by atomic mass is 9.97. The van der Waals surface area contributed by atoms with E-state index in [0.29, 0.717) is 0 Å². The van der Waals surface area contributed by atoms with Crippen molar-refractivity contribution in [3.8, 4) is 0 Å². The van der Waals surface area contributed by atoms with Gasteiger partial charge >= 0.3 is 0 Å². The molecule has 0 radical (unpaired) electrons. The molecule has 1 unspecified atom stereocenters. The summed E-state index contributed by atoms with van der Waals surface area (Å²) in [5.74, 6) is -0.290. The predicted octanol–water partition coefficient (Wildman–Crippen LogP) is -0.277. The molecule has 0 saturated heterocycles. The van der Waals surface area contributed by atoms with E-state index in [1.54, 1.807) is 7.05 Å². The first-order valence-electron chi connectivity index (χ1n) is 6.14. The molecule has 0 aromatic carbocycles. The average molecular weight is 244 g/mol. The Kier molecular flexibility index (Phi) is 7.34. The molecule has 3 N–H and O–H groups in total. The van der Waals surface area contributed by atoms with Gasteiger partial charge in [0.15, 0.2) is 0 Å². The van der Waals surface area contributed by atoms with Crippen molar-refractivity contribution >= 4 is 5.91 Å². The number of nitrogens with one attached hydrogen (secondary N) is 1. The van der Waals surface area contributed by atoms with Gasteiger partial charge < -0.3 is 20.9 Å². The maximum absolute atomic E-state index is 11.3. The minimum Gasteiger partial charge on any atom is -0.368 e. The molecule has 0 aliphatic carbocycles. The second kappa shape index (κ2) is 7.63.